The van der Waals surface area contributed by atoms with Crippen molar-refractivity contribution in [3.8, 4) is 5.75 Å². The molecule has 1 fully saturated rings. The van der Waals surface area contributed by atoms with Crippen LogP contribution in [0.25, 0.3) is 0 Å². The largest absolute Gasteiger partial charge is 0.412 e. The summed E-state index contributed by atoms with van der Waals surface area (Å²) in [7, 11) is -3.22. The Balaban J connectivity index is 1.84. The quantitative estimate of drug-likeness (QED) is 0.906. The van der Waals surface area contributed by atoms with Crippen molar-refractivity contribution >= 4 is 16.1 Å². The van der Waals surface area contributed by atoms with Gasteiger partial charge in [0, 0.05) is 19.1 Å². The van der Waals surface area contributed by atoms with E-state index < -0.39 is 16.1 Å². The van der Waals surface area contributed by atoms with Gasteiger partial charge in [0.2, 0.25) is 10.0 Å². The van der Waals surface area contributed by atoms with Gasteiger partial charge in [-0.1, -0.05) is 18.2 Å². The number of nitrogens with zero attached hydrogens (tertiary/aromatic N) is 1. The summed E-state index contributed by atoms with van der Waals surface area (Å²) in [6, 6.07) is 8.53. The molecule has 7 heteroatoms. The highest BCUT2D eigenvalue weighted by Crippen LogP contribution is 2.19. The molecule has 0 spiro atoms. The Kier molecular flexibility index (Phi) is 4.61. The molecule has 1 aliphatic heterocycles. The van der Waals surface area contributed by atoms with Crippen LogP contribution in [0.4, 0.5) is 4.79 Å². The Morgan fingerprint density at radius 3 is 2.75 bits per heavy atom. The number of benzene rings is 1. The Labute approximate surface area is 118 Å². The van der Waals surface area contributed by atoms with Gasteiger partial charge >= 0.3 is 6.09 Å². The van der Waals surface area contributed by atoms with Gasteiger partial charge < -0.3 is 10.1 Å². The maximum absolute atomic E-state index is 11.6. The van der Waals surface area contributed by atoms with Crippen LogP contribution in [0.5, 0.6) is 5.75 Å². The lowest BCUT2D eigenvalue weighted by molar-refractivity contribution is 0.197. The third-order valence-corrected chi connectivity index (χ3v) is 4.52. The van der Waals surface area contributed by atoms with Gasteiger partial charge in [-0.3, -0.25) is 0 Å². The van der Waals surface area contributed by atoms with E-state index in [1.165, 1.54) is 10.6 Å². The second kappa shape index (κ2) is 6.23. The summed E-state index contributed by atoms with van der Waals surface area (Å²) < 4.78 is 29.6. The van der Waals surface area contributed by atoms with Crippen LogP contribution in [0.15, 0.2) is 30.3 Å². The van der Waals surface area contributed by atoms with Crippen molar-refractivity contribution in [1.82, 2.24) is 9.62 Å². The van der Waals surface area contributed by atoms with E-state index in [9.17, 15) is 13.2 Å². The lowest BCUT2D eigenvalue weighted by Gasteiger charge is -2.22. The van der Waals surface area contributed by atoms with Crippen molar-refractivity contribution in [3.05, 3.63) is 30.3 Å². The molecule has 1 atom stereocenters. The minimum Gasteiger partial charge on any atom is -0.410 e. The molecule has 1 unspecified atom stereocenters. The molecule has 20 heavy (non-hydrogen) atoms. The normalized spacial score (nSPS) is 19.8. The van der Waals surface area contributed by atoms with E-state index >= 15 is 0 Å². The molecule has 1 amide bonds. The Bertz CT molecular complexity index is 559. The minimum atomic E-state index is -3.22. The highest BCUT2D eigenvalue weighted by atomic mass is 32.2. The molecule has 0 saturated carbocycles. The number of hydrogen-bond acceptors (Lipinski definition) is 4. The van der Waals surface area contributed by atoms with Crippen LogP contribution in [-0.4, -0.2) is 44.2 Å². The van der Waals surface area contributed by atoms with Crippen molar-refractivity contribution < 1.29 is 17.9 Å². The molecule has 0 aromatic heterocycles. The first-order valence-electron chi connectivity index (χ1n) is 6.44. The molecule has 6 nitrogen and oxygen atoms in total. The standard InChI is InChI=1S/C13H18N2O4S/c1-20(17,18)15-9-5-6-11(15)10-14-13(16)19-12-7-3-2-4-8-12/h2-4,7-8,11H,5-6,9-10H2,1H3,(H,14,16). The van der Waals surface area contributed by atoms with E-state index in [2.05, 4.69) is 5.32 Å². The summed E-state index contributed by atoms with van der Waals surface area (Å²) in [5, 5.41) is 2.61. The first kappa shape index (κ1) is 14.8. The fourth-order valence-electron chi connectivity index (χ4n) is 2.28. The summed E-state index contributed by atoms with van der Waals surface area (Å²) >= 11 is 0. The number of para-hydroxylation sites is 1. The molecule has 1 heterocycles. The van der Waals surface area contributed by atoms with Crippen LogP contribution < -0.4 is 10.1 Å². The zero-order valence-electron chi connectivity index (χ0n) is 11.3. The number of hydrogen-bond donors (Lipinski definition) is 1. The molecule has 1 aromatic rings. The van der Waals surface area contributed by atoms with Gasteiger partial charge in [0.05, 0.1) is 6.26 Å². The van der Waals surface area contributed by atoms with Gasteiger partial charge in [-0.25, -0.2) is 13.2 Å². The van der Waals surface area contributed by atoms with Crippen molar-refractivity contribution in [2.75, 3.05) is 19.3 Å². The van der Waals surface area contributed by atoms with E-state index in [1.54, 1.807) is 24.3 Å². The Morgan fingerprint density at radius 1 is 1.40 bits per heavy atom. The fourth-order valence-corrected chi connectivity index (χ4v) is 3.46. The number of carbonyl (C=O) groups is 1. The lowest BCUT2D eigenvalue weighted by atomic mass is 10.2. The Hall–Kier alpha value is -1.60. The van der Waals surface area contributed by atoms with E-state index in [0.717, 1.165) is 12.8 Å². The van der Waals surface area contributed by atoms with Crippen LogP contribution >= 0.6 is 0 Å². The van der Waals surface area contributed by atoms with E-state index in [1.807, 2.05) is 6.07 Å². The highest BCUT2D eigenvalue weighted by Gasteiger charge is 2.31. The molecule has 1 N–H and O–H groups in total. The van der Waals surface area contributed by atoms with Crippen molar-refractivity contribution in [1.29, 1.82) is 0 Å². The molecule has 0 bridgehead atoms. The second-order valence-electron chi connectivity index (χ2n) is 4.75. The summed E-state index contributed by atoms with van der Waals surface area (Å²) in [5.41, 5.74) is 0. The number of amides is 1. The zero-order chi connectivity index (χ0) is 14.6. The van der Waals surface area contributed by atoms with Crippen molar-refractivity contribution in [2.24, 2.45) is 0 Å². The third-order valence-electron chi connectivity index (χ3n) is 3.18. The summed E-state index contributed by atoms with van der Waals surface area (Å²) in [6.07, 6.45) is 2.18. The maximum atomic E-state index is 11.6. The van der Waals surface area contributed by atoms with Crippen molar-refractivity contribution in [2.45, 2.75) is 18.9 Å². The van der Waals surface area contributed by atoms with E-state index in [0.29, 0.717) is 12.3 Å². The van der Waals surface area contributed by atoms with E-state index in [-0.39, 0.29) is 12.6 Å². The Morgan fingerprint density at radius 2 is 2.10 bits per heavy atom. The number of rotatable bonds is 4. The lowest BCUT2D eigenvalue weighted by Crippen LogP contribution is -2.43. The van der Waals surface area contributed by atoms with Crippen LogP contribution in [0.1, 0.15) is 12.8 Å². The number of nitrogens with one attached hydrogen (secondary N) is 1. The second-order valence-corrected chi connectivity index (χ2v) is 6.69. The molecule has 110 valence electrons. The van der Waals surface area contributed by atoms with Crippen LogP contribution in [0.2, 0.25) is 0 Å². The third kappa shape index (κ3) is 3.94. The van der Waals surface area contributed by atoms with Crippen LogP contribution in [-0.2, 0) is 10.0 Å². The van der Waals surface area contributed by atoms with Gasteiger partial charge in [0.15, 0.2) is 0 Å². The van der Waals surface area contributed by atoms with Gasteiger partial charge in [0.25, 0.3) is 0 Å². The molecule has 1 saturated heterocycles. The predicted octanol–water partition coefficient (Wildman–Crippen LogP) is 1.20. The van der Waals surface area contributed by atoms with Gasteiger partial charge in [-0.15, -0.1) is 0 Å². The monoisotopic (exact) mass is 298 g/mol. The zero-order valence-corrected chi connectivity index (χ0v) is 12.1. The van der Waals surface area contributed by atoms with Crippen LogP contribution in [0, 0.1) is 0 Å². The smallest absolute Gasteiger partial charge is 0.410 e. The molecule has 0 radical (unpaired) electrons. The van der Waals surface area contributed by atoms with Crippen molar-refractivity contribution in [3.63, 3.8) is 0 Å². The SMILES string of the molecule is CS(=O)(=O)N1CCCC1CNC(=O)Oc1ccccc1. The number of ether oxygens (including phenoxy) is 1. The number of sulfonamides is 1. The average molecular weight is 298 g/mol. The molecule has 0 aliphatic carbocycles. The van der Waals surface area contributed by atoms with Gasteiger partial charge in [-0.2, -0.15) is 4.31 Å². The highest BCUT2D eigenvalue weighted by molar-refractivity contribution is 7.88. The van der Waals surface area contributed by atoms with E-state index in [4.69, 9.17) is 4.74 Å². The first-order chi connectivity index (χ1) is 9.47. The topological polar surface area (TPSA) is 75.7 Å². The maximum Gasteiger partial charge on any atom is 0.412 e. The summed E-state index contributed by atoms with van der Waals surface area (Å²) in [5.74, 6) is 0.455. The molecular weight excluding hydrogens is 280 g/mol. The average Bonchev–Trinajstić information content (AvgIpc) is 2.86. The molecule has 2 rings (SSSR count). The fraction of sp³-hybridized carbons (Fsp3) is 0.462. The number of carbonyl (C=O) groups excluding carboxylic acids is 1. The summed E-state index contributed by atoms with van der Waals surface area (Å²) in [6.45, 7) is 0.775. The predicted molar refractivity (Wildman–Crippen MR) is 75.0 cm³/mol. The minimum absolute atomic E-state index is 0.187. The first-order valence-corrected chi connectivity index (χ1v) is 8.29. The van der Waals surface area contributed by atoms with Gasteiger partial charge in [0.1, 0.15) is 5.75 Å². The van der Waals surface area contributed by atoms with Gasteiger partial charge in [-0.05, 0) is 25.0 Å². The molecule has 1 aliphatic rings. The molecule has 1 aromatic carbocycles. The summed E-state index contributed by atoms with van der Waals surface area (Å²) in [4.78, 5) is 11.6. The molecular formula is C13H18N2O4S. The van der Waals surface area contributed by atoms with Crippen LogP contribution in [0.3, 0.4) is 0 Å².